The number of phenols is 1. The molecule has 16 heavy (non-hydrogen) atoms. The van der Waals surface area contributed by atoms with Crippen LogP contribution in [0.25, 0.3) is 22.6 Å². The van der Waals surface area contributed by atoms with Gasteiger partial charge in [-0.3, -0.25) is 4.79 Å². The highest BCUT2D eigenvalue weighted by atomic mass is 16.3. The Hall–Kier alpha value is -2.36. The maximum atomic E-state index is 11.6. The van der Waals surface area contributed by atoms with Crippen molar-refractivity contribution in [3.63, 3.8) is 0 Å². The monoisotopic (exact) mass is 213 g/mol. The van der Waals surface area contributed by atoms with E-state index in [1.54, 1.807) is 12.1 Å². The van der Waals surface area contributed by atoms with E-state index in [0.717, 1.165) is 0 Å². The quantitative estimate of drug-likeness (QED) is 0.580. The van der Waals surface area contributed by atoms with Gasteiger partial charge in [0, 0.05) is 0 Å². The van der Waals surface area contributed by atoms with Crippen LogP contribution in [-0.4, -0.2) is 10.1 Å². The number of phenolic OH excluding ortho intramolecular Hbond substituents is 1. The first-order valence-corrected chi connectivity index (χ1v) is 4.77. The van der Waals surface area contributed by atoms with E-state index in [0.29, 0.717) is 16.9 Å². The van der Waals surface area contributed by atoms with E-state index < -0.39 is 5.43 Å². The van der Waals surface area contributed by atoms with Crippen LogP contribution in [0.1, 0.15) is 0 Å². The molecule has 0 aromatic heterocycles. The van der Waals surface area contributed by atoms with E-state index in [1.807, 2.05) is 12.1 Å². The molecule has 1 aliphatic heterocycles. The highest BCUT2D eigenvalue weighted by Gasteiger charge is 2.14. The zero-order chi connectivity index (χ0) is 11.1. The molecular formula is C12H7NO3. The minimum Gasteiger partial charge on any atom is -0.504 e. The van der Waals surface area contributed by atoms with Crippen molar-refractivity contribution in [1.82, 2.24) is 4.98 Å². The lowest BCUT2D eigenvalue weighted by Gasteiger charge is -2.04. The summed E-state index contributed by atoms with van der Waals surface area (Å²) in [6, 6.07) is 10.0. The van der Waals surface area contributed by atoms with Gasteiger partial charge in [-0.15, -0.1) is 0 Å². The summed E-state index contributed by atoms with van der Waals surface area (Å²) in [5.41, 5.74) is 0.850. The first-order valence-electron chi connectivity index (χ1n) is 4.77. The van der Waals surface area contributed by atoms with Crippen LogP contribution in [0.5, 0.6) is 5.75 Å². The molecule has 0 spiro atoms. The summed E-state index contributed by atoms with van der Waals surface area (Å²) in [5.74, 6) is 0.0620. The van der Waals surface area contributed by atoms with E-state index in [-0.39, 0.29) is 11.4 Å². The van der Waals surface area contributed by atoms with Gasteiger partial charge in [0.25, 0.3) is 0 Å². The number of aromatic nitrogens is 1. The lowest BCUT2D eigenvalue weighted by Crippen LogP contribution is -2.07. The molecule has 78 valence electrons. The number of rotatable bonds is 0. The van der Waals surface area contributed by atoms with Crippen molar-refractivity contribution >= 4 is 11.1 Å². The number of nitrogens with zero attached hydrogens (tertiary/aromatic N) is 1. The van der Waals surface area contributed by atoms with Crippen molar-refractivity contribution in [3.8, 4) is 17.2 Å². The van der Waals surface area contributed by atoms with E-state index >= 15 is 0 Å². The van der Waals surface area contributed by atoms with Crippen LogP contribution in [0.4, 0.5) is 0 Å². The molecule has 0 saturated carbocycles. The Morgan fingerprint density at radius 1 is 1.12 bits per heavy atom. The van der Waals surface area contributed by atoms with Crippen molar-refractivity contribution in [2.45, 2.75) is 0 Å². The summed E-state index contributed by atoms with van der Waals surface area (Å²) < 4.78 is 5.51. The van der Waals surface area contributed by atoms with Gasteiger partial charge >= 0.3 is 0 Å². The van der Waals surface area contributed by atoms with Gasteiger partial charge in [-0.1, -0.05) is 12.1 Å². The minimum absolute atomic E-state index is 0.152. The van der Waals surface area contributed by atoms with Crippen molar-refractivity contribution in [1.29, 1.82) is 0 Å². The predicted molar refractivity (Wildman–Crippen MR) is 58.6 cm³/mol. The maximum Gasteiger partial charge on any atom is 0.249 e. The molecule has 3 rings (SSSR count). The van der Waals surface area contributed by atoms with Crippen LogP contribution in [0.15, 0.2) is 45.6 Å². The van der Waals surface area contributed by atoms with E-state index in [2.05, 4.69) is 4.98 Å². The first-order chi connectivity index (χ1) is 7.75. The molecule has 0 atom stereocenters. The average Bonchev–Trinajstić information content (AvgIpc) is 2.32. The summed E-state index contributed by atoms with van der Waals surface area (Å²) in [4.78, 5) is 15.8. The fraction of sp³-hybridized carbons (Fsp3) is 0. The van der Waals surface area contributed by atoms with Gasteiger partial charge in [-0.2, -0.15) is 0 Å². The smallest absolute Gasteiger partial charge is 0.249 e. The molecule has 1 aliphatic carbocycles. The summed E-state index contributed by atoms with van der Waals surface area (Å²) in [6.45, 7) is 0. The Balaban J connectivity index is 2.53. The molecule has 4 heteroatoms. The molecule has 1 N–H and O–H groups in total. The lowest BCUT2D eigenvalue weighted by molar-refractivity contribution is 0.468. The Labute approximate surface area is 90.1 Å². The van der Waals surface area contributed by atoms with Gasteiger partial charge in [-0.25, -0.2) is 4.98 Å². The number of para-hydroxylation sites is 2. The number of benzene rings is 2. The van der Waals surface area contributed by atoms with Crippen LogP contribution in [0, 0.1) is 0 Å². The predicted octanol–water partition coefficient (Wildman–Crippen LogP) is 2.00. The molecule has 0 fully saturated rings. The highest BCUT2D eigenvalue weighted by Crippen LogP contribution is 2.23. The minimum atomic E-state index is -0.507. The van der Waals surface area contributed by atoms with Crippen LogP contribution in [0.3, 0.4) is 0 Å². The van der Waals surface area contributed by atoms with Gasteiger partial charge in [-0.05, 0) is 24.3 Å². The zero-order valence-electron chi connectivity index (χ0n) is 8.18. The van der Waals surface area contributed by atoms with E-state index in [1.165, 1.54) is 12.1 Å². The van der Waals surface area contributed by atoms with Crippen LogP contribution in [-0.2, 0) is 0 Å². The summed E-state index contributed by atoms with van der Waals surface area (Å²) in [7, 11) is 0. The molecule has 4 nitrogen and oxygen atoms in total. The summed E-state index contributed by atoms with van der Waals surface area (Å²) in [5, 5.41) is 9.30. The number of hydrogen-bond donors (Lipinski definition) is 1. The van der Waals surface area contributed by atoms with E-state index in [9.17, 15) is 9.90 Å². The standard InChI is InChI=1S/C12H7NO3/c14-8-5-6-10-11(12(8)15)13-7-3-1-2-4-9(7)16-10/h1-6,14H. The normalized spacial score (nSPS) is 11.0. The lowest BCUT2D eigenvalue weighted by atomic mass is 10.2. The molecule has 1 heterocycles. The highest BCUT2D eigenvalue weighted by molar-refractivity contribution is 5.76. The average molecular weight is 213 g/mol. The number of aromatic hydroxyl groups is 1. The molecule has 2 aliphatic rings. The molecule has 0 amide bonds. The molecule has 0 bridgehead atoms. The Morgan fingerprint density at radius 2 is 1.94 bits per heavy atom. The van der Waals surface area contributed by atoms with Crippen LogP contribution in [0.2, 0.25) is 0 Å². The topological polar surface area (TPSA) is 63.3 Å². The number of fused-ring (bicyclic) bond motifs is 2. The largest absolute Gasteiger partial charge is 0.504 e. The molecule has 0 saturated heterocycles. The maximum absolute atomic E-state index is 11.6. The van der Waals surface area contributed by atoms with Gasteiger partial charge in [0.15, 0.2) is 22.8 Å². The van der Waals surface area contributed by atoms with Crippen molar-refractivity contribution in [3.05, 3.63) is 46.6 Å². The zero-order valence-corrected chi connectivity index (χ0v) is 8.18. The molecular weight excluding hydrogens is 206 g/mol. The van der Waals surface area contributed by atoms with Crippen molar-refractivity contribution in [2.24, 2.45) is 0 Å². The first kappa shape index (κ1) is 8.91. The Morgan fingerprint density at radius 3 is 2.81 bits per heavy atom. The molecule has 1 aromatic carbocycles. The SMILES string of the molecule is O=c1c(O)ccc2oc3ccccc3nc1-2. The third kappa shape index (κ3) is 1.16. The van der Waals surface area contributed by atoms with E-state index in [4.69, 9.17) is 4.42 Å². The Bertz CT molecular complexity index is 702. The fourth-order valence-electron chi connectivity index (χ4n) is 1.61. The third-order valence-electron chi connectivity index (χ3n) is 2.39. The third-order valence-corrected chi connectivity index (χ3v) is 2.39. The van der Waals surface area contributed by atoms with Gasteiger partial charge < -0.3 is 9.52 Å². The summed E-state index contributed by atoms with van der Waals surface area (Å²) in [6.07, 6.45) is 0. The molecule has 0 unspecified atom stereocenters. The second-order valence-corrected chi connectivity index (χ2v) is 3.44. The van der Waals surface area contributed by atoms with Gasteiger partial charge in [0.05, 0.1) is 0 Å². The van der Waals surface area contributed by atoms with Crippen molar-refractivity contribution < 1.29 is 9.52 Å². The number of hydrogen-bond acceptors (Lipinski definition) is 4. The second kappa shape index (κ2) is 3.06. The summed E-state index contributed by atoms with van der Waals surface area (Å²) >= 11 is 0. The van der Waals surface area contributed by atoms with Crippen LogP contribution >= 0.6 is 0 Å². The fourth-order valence-corrected chi connectivity index (χ4v) is 1.61. The molecule has 0 radical (unpaired) electrons. The second-order valence-electron chi connectivity index (χ2n) is 3.44. The molecule has 1 aromatic rings. The van der Waals surface area contributed by atoms with Crippen LogP contribution < -0.4 is 5.43 Å². The van der Waals surface area contributed by atoms with Gasteiger partial charge in [0.2, 0.25) is 5.43 Å². The Kier molecular flexibility index (Phi) is 1.71. The van der Waals surface area contributed by atoms with Crippen molar-refractivity contribution in [2.75, 3.05) is 0 Å². The van der Waals surface area contributed by atoms with Gasteiger partial charge in [0.1, 0.15) is 5.52 Å².